The first-order chi connectivity index (χ1) is 13.2. The van der Waals surface area contributed by atoms with Crippen molar-refractivity contribution in [3.63, 3.8) is 0 Å². The Labute approximate surface area is 161 Å². The predicted octanol–water partition coefficient (Wildman–Crippen LogP) is 2.54. The van der Waals surface area contributed by atoms with Gasteiger partial charge >= 0.3 is 11.7 Å². The zero-order chi connectivity index (χ0) is 20.8. The Morgan fingerprint density at radius 1 is 1.18 bits per heavy atom. The molecule has 1 amide bonds. The van der Waals surface area contributed by atoms with Crippen LogP contribution < -0.4 is 14.8 Å². The van der Waals surface area contributed by atoms with Crippen molar-refractivity contribution in [1.82, 2.24) is 5.32 Å². The second kappa shape index (κ2) is 8.85. The van der Waals surface area contributed by atoms with Crippen molar-refractivity contribution in [2.75, 3.05) is 13.7 Å². The molecule has 28 heavy (non-hydrogen) atoms. The second-order valence-electron chi connectivity index (χ2n) is 6.06. The van der Waals surface area contributed by atoms with Crippen molar-refractivity contribution in [3.05, 3.63) is 63.2 Å². The van der Waals surface area contributed by atoms with E-state index in [1.54, 1.807) is 18.2 Å². The molecule has 0 radical (unpaired) electrons. The summed E-state index contributed by atoms with van der Waals surface area (Å²) >= 11 is 0. The summed E-state index contributed by atoms with van der Waals surface area (Å²) in [7, 11) is 1.28. The van der Waals surface area contributed by atoms with Crippen LogP contribution in [0.2, 0.25) is 0 Å². The van der Waals surface area contributed by atoms with Gasteiger partial charge in [-0.05, 0) is 36.6 Å². The minimum Gasteiger partial charge on any atom is -0.490 e. The van der Waals surface area contributed by atoms with Gasteiger partial charge < -0.3 is 19.9 Å². The number of rotatable bonds is 8. The van der Waals surface area contributed by atoms with Crippen LogP contribution in [-0.4, -0.2) is 35.6 Å². The fourth-order valence-electron chi connectivity index (χ4n) is 2.48. The summed E-state index contributed by atoms with van der Waals surface area (Å²) in [4.78, 5) is 34.0. The number of carboxylic acid groups (broad SMARTS) is 1. The molecule has 2 aromatic rings. The number of amides is 1. The molecule has 148 valence electrons. The molecule has 0 aromatic heterocycles. The van der Waals surface area contributed by atoms with E-state index in [0.717, 1.165) is 11.1 Å². The molecule has 0 heterocycles. The minimum absolute atomic E-state index is 0.0125. The minimum atomic E-state index is -1.22. The Hall–Kier alpha value is -3.62. The van der Waals surface area contributed by atoms with Crippen molar-refractivity contribution >= 4 is 17.6 Å². The molecule has 9 heteroatoms. The number of nitrogens with one attached hydrogen (secondary N) is 1. The average molecular weight is 388 g/mol. The fraction of sp³-hybridized carbons (Fsp3) is 0.263. The molecule has 0 aliphatic heterocycles. The van der Waals surface area contributed by atoms with Gasteiger partial charge in [0.05, 0.1) is 12.0 Å². The summed E-state index contributed by atoms with van der Waals surface area (Å²) in [5, 5.41) is 22.7. The zero-order valence-electron chi connectivity index (χ0n) is 15.6. The lowest BCUT2D eigenvalue weighted by molar-refractivity contribution is -0.385. The van der Waals surface area contributed by atoms with Crippen LogP contribution in [0.1, 0.15) is 22.7 Å². The maximum atomic E-state index is 12.1. The first kappa shape index (κ1) is 20.7. The summed E-state index contributed by atoms with van der Waals surface area (Å²) in [5.41, 5.74) is 2.13. The fourth-order valence-corrected chi connectivity index (χ4v) is 2.48. The van der Waals surface area contributed by atoms with Gasteiger partial charge in [0.1, 0.15) is 5.75 Å². The predicted molar refractivity (Wildman–Crippen MR) is 99.6 cm³/mol. The van der Waals surface area contributed by atoms with E-state index in [1.807, 2.05) is 13.8 Å². The largest absolute Gasteiger partial charge is 0.490 e. The maximum absolute atomic E-state index is 12.1. The molecule has 0 bridgehead atoms. The molecule has 0 saturated carbocycles. The van der Waals surface area contributed by atoms with Crippen molar-refractivity contribution in [1.29, 1.82) is 0 Å². The van der Waals surface area contributed by atoms with Gasteiger partial charge in [-0.1, -0.05) is 18.2 Å². The van der Waals surface area contributed by atoms with Crippen molar-refractivity contribution < 1.29 is 29.1 Å². The molecule has 2 rings (SSSR count). The van der Waals surface area contributed by atoms with E-state index in [0.29, 0.717) is 5.56 Å². The van der Waals surface area contributed by atoms with E-state index < -0.39 is 29.4 Å². The molecule has 0 fully saturated rings. The highest BCUT2D eigenvalue weighted by atomic mass is 16.6. The molecule has 9 nitrogen and oxygen atoms in total. The van der Waals surface area contributed by atoms with Crippen LogP contribution in [0.3, 0.4) is 0 Å². The van der Waals surface area contributed by atoms with Crippen LogP contribution in [0, 0.1) is 24.0 Å². The number of benzene rings is 2. The highest BCUT2D eigenvalue weighted by molar-refractivity contribution is 5.85. The van der Waals surface area contributed by atoms with Crippen LogP contribution in [0.25, 0.3) is 0 Å². The molecule has 0 aliphatic carbocycles. The number of hydrogen-bond acceptors (Lipinski definition) is 6. The van der Waals surface area contributed by atoms with Crippen molar-refractivity contribution in [3.8, 4) is 11.5 Å². The number of methoxy groups -OCH3 is 1. The Morgan fingerprint density at radius 3 is 2.46 bits per heavy atom. The maximum Gasteiger partial charge on any atom is 0.330 e. The monoisotopic (exact) mass is 388 g/mol. The van der Waals surface area contributed by atoms with Gasteiger partial charge in [-0.2, -0.15) is 0 Å². The zero-order valence-corrected chi connectivity index (χ0v) is 15.6. The van der Waals surface area contributed by atoms with E-state index in [4.69, 9.17) is 9.47 Å². The Bertz CT molecular complexity index is 911. The van der Waals surface area contributed by atoms with Gasteiger partial charge in [0.2, 0.25) is 5.75 Å². The summed E-state index contributed by atoms with van der Waals surface area (Å²) in [6.07, 6.45) is 0. The van der Waals surface area contributed by atoms with Crippen LogP contribution in [0.15, 0.2) is 36.4 Å². The standard InChI is InChI=1S/C19H20N2O7/c1-11-4-5-13(8-12(11)2)18(19(23)24)20-17(22)10-28-14-6-7-15(21(25)26)16(9-14)27-3/h4-9,18H,10H2,1-3H3,(H,20,22)(H,23,24). The topological polar surface area (TPSA) is 128 Å². The molecule has 2 aromatic carbocycles. The number of hydrogen-bond donors (Lipinski definition) is 2. The molecule has 1 unspecified atom stereocenters. The van der Waals surface area contributed by atoms with Crippen LogP contribution in [0.5, 0.6) is 11.5 Å². The van der Waals surface area contributed by atoms with Gasteiger partial charge in [-0.3, -0.25) is 14.9 Å². The average Bonchev–Trinajstić information content (AvgIpc) is 2.66. The van der Waals surface area contributed by atoms with Gasteiger partial charge in [0, 0.05) is 12.1 Å². The number of nitro benzene ring substituents is 1. The second-order valence-corrected chi connectivity index (χ2v) is 6.06. The third-order valence-electron chi connectivity index (χ3n) is 4.13. The van der Waals surface area contributed by atoms with Gasteiger partial charge in [-0.25, -0.2) is 4.79 Å². The summed E-state index contributed by atoms with van der Waals surface area (Å²) in [5.74, 6) is -1.69. The number of aryl methyl sites for hydroxylation is 2. The third kappa shape index (κ3) is 4.97. The van der Waals surface area contributed by atoms with Gasteiger partial charge in [0.15, 0.2) is 12.6 Å². The van der Waals surface area contributed by atoms with E-state index in [-0.39, 0.29) is 17.2 Å². The van der Waals surface area contributed by atoms with Crippen LogP contribution >= 0.6 is 0 Å². The van der Waals surface area contributed by atoms with Crippen LogP contribution in [-0.2, 0) is 9.59 Å². The number of aliphatic carboxylic acids is 1. The third-order valence-corrected chi connectivity index (χ3v) is 4.13. The van der Waals surface area contributed by atoms with E-state index >= 15 is 0 Å². The number of carbonyl (C=O) groups excluding carboxylic acids is 1. The van der Waals surface area contributed by atoms with E-state index in [1.165, 1.54) is 25.3 Å². The smallest absolute Gasteiger partial charge is 0.330 e. The lowest BCUT2D eigenvalue weighted by Gasteiger charge is -2.16. The first-order valence-electron chi connectivity index (χ1n) is 8.27. The Balaban J connectivity index is 2.06. The molecular formula is C19H20N2O7. The van der Waals surface area contributed by atoms with E-state index in [9.17, 15) is 24.8 Å². The summed E-state index contributed by atoms with van der Waals surface area (Å²) < 4.78 is 10.2. The van der Waals surface area contributed by atoms with Gasteiger partial charge in [-0.15, -0.1) is 0 Å². The van der Waals surface area contributed by atoms with Crippen LogP contribution in [0.4, 0.5) is 5.69 Å². The number of carboxylic acids is 1. The van der Waals surface area contributed by atoms with E-state index in [2.05, 4.69) is 5.32 Å². The van der Waals surface area contributed by atoms with Crippen molar-refractivity contribution in [2.24, 2.45) is 0 Å². The molecule has 2 N–H and O–H groups in total. The summed E-state index contributed by atoms with van der Waals surface area (Å²) in [6.45, 7) is 3.29. The Kier molecular flexibility index (Phi) is 6.54. The number of ether oxygens (including phenoxy) is 2. The molecule has 0 aliphatic rings. The molecule has 0 saturated heterocycles. The Morgan fingerprint density at radius 2 is 1.89 bits per heavy atom. The molecular weight excluding hydrogens is 368 g/mol. The summed E-state index contributed by atoms with van der Waals surface area (Å²) in [6, 6.07) is 7.71. The first-order valence-corrected chi connectivity index (χ1v) is 8.27. The lowest BCUT2D eigenvalue weighted by Crippen LogP contribution is -2.36. The number of nitro groups is 1. The normalized spacial score (nSPS) is 11.4. The molecule has 1 atom stereocenters. The quantitative estimate of drug-likeness (QED) is 0.525. The number of nitrogens with zero attached hydrogens (tertiary/aromatic N) is 1. The number of carbonyl (C=O) groups is 2. The molecule has 0 spiro atoms. The van der Waals surface area contributed by atoms with Gasteiger partial charge in [0.25, 0.3) is 5.91 Å². The van der Waals surface area contributed by atoms with Crippen molar-refractivity contribution in [2.45, 2.75) is 19.9 Å². The lowest BCUT2D eigenvalue weighted by atomic mass is 10.0. The highest BCUT2D eigenvalue weighted by Crippen LogP contribution is 2.30. The SMILES string of the molecule is COc1cc(OCC(=O)NC(C(=O)O)c2ccc(C)c(C)c2)ccc1[N+](=O)[O-]. The highest BCUT2D eigenvalue weighted by Gasteiger charge is 2.23.